The van der Waals surface area contributed by atoms with Gasteiger partial charge in [0.1, 0.15) is 0 Å². The maximum Gasteiger partial charge on any atom is 0.311 e. The van der Waals surface area contributed by atoms with E-state index in [0.717, 1.165) is 18.4 Å². The van der Waals surface area contributed by atoms with E-state index in [-0.39, 0.29) is 24.3 Å². The van der Waals surface area contributed by atoms with Gasteiger partial charge < -0.3 is 15.3 Å². The Morgan fingerprint density at radius 1 is 1.24 bits per heavy atom. The first-order chi connectivity index (χ1) is 11.9. The second-order valence-electron chi connectivity index (χ2n) is 7.26. The number of nitrogens with one attached hydrogen (secondary N) is 1. The van der Waals surface area contributed by atoms with E-state index in [9.17, 15) is 19.5 Å². The van der Waals surface area contributed by atoms with Gasteiger partial charge in [-0.3, -0.25) is 14.4 Å². The van der Waals surface area contributed by atoms with Gasteiger partial charge in [0.15, 0.2) is 0 Å². The third-order valence-electron chi connectivity index (χ3n) is 5.29. The first-order valence-electron chi connectivity index (χ1n) is 8.78. The maximum atomic E-state index is 12.6. The van der Waals surface area contributed by atoms with Crippen molar-refractivity contribution in [3.8, 4) is 0 Å². The van der Waals surface area contributed by atoms with E-state index < -0.39 is 11.4 Å². The van der Waals surface area contributed by atoms with Crippen LogP contribution < -0.4 is 5.32 Å². The normalized spacial score (nSPS) is 21.5. The van der Waals surface area contributed by atoms with E-state index in [2.05, 4.69) is 5.32 Å². The van der Waals surface area contributed by atoms with Crippen molar-refractivity contribution in [1.29, 1.82) is 0 Å². The molecule has 0 bridgehead atoms. The van der Waals surface area contributed by atoms with Crippen molar-refractivity contribution in [2.24, 2.45) is 11.3 Å². The van der Waals surface area contributed by atoms with Crippen LogP contribution in [0.4, 0.5) is 0 Å². The number of nitrogens with zero attached hydrogens (tertiary/aromatic N) is 1. The van der Waals surface area contributed by atoms with Crippen LogP contribution in [0.1, 0.15) is 41.6 Å². The summed E-state index contributed by atoms with van der Waals surface area (Å²) in [5, 5.41) is 12.0. The average Bonchev–Trinajstić information content (AvgIpc) is 3.41. The monoisotopic (exact) mass is 344 g/mol. The fourth-order valence-electron chi connectivity index (χ4n) is 3.27. The van der Waals surface area contributed by atoms with Crippen molar-refractivity contribution in [3.05, 3.63) is 35.4 Å². The predicted octanol–water partition coefficient (Wildman–Crippen LogP) is 1.83. The summed E-state index contributed by atoms with van der Waals surface area (Å²) >= 11 is 0. The summed E-state index contributed by atoms with van der Waals surface area (Å²) in [5.41, 5.74) is 0.969. The molecule has 1 heterocycles. The second kappa shape index (κ2) is 6.86. The summed E-state index contributed by atoms with van der Waals surface area (Å²) in [5.74, 6) is -1.31. The molecule has 134 valence electrons. The smallest absolute Gasteiger partial charge is 0.311 e. The quantitative estimate of drug-likeness (QED) is 0.853. The van der Waals surface area contributed by atoms with Gasteiger partial charge >= 0.3 is 5.97 Å². The lowest BCUT2D eigenvalue weighted by Gasteiger charge is -2.32. The van der Waals surface area contributed by atoms with Crippen molar-refractivity contribution in [2.45, 2.75) is 32.6 Å². The number of aliphatic carboxylic acids is 1. The molecule has 1 atom stereocenters. The van der Waals surface area contributed by atoms with E-state index in [1.165, 1.54) is 0 Å². The van der Waals surface area contributed by atoms with Gasteiger partial charge in [-0.15, -0.1) is 0 Å². The third-order valence-corrected chi connectivity index (χ3v) is 5.29. The van der Waals surface area contributed by atoms with Gasteiger partial charge in [-0.05, 0) is 44.7 Å². The van der Waals surface area contributed by atoms with Crippen LogP contribution in [-0.4, -0.2) is 47.4 Å². The largest absolute Gasteiger partial charge is 0.481 e. The molecule has 2 N–H and O–H groups in total. The number of carboxylic acids is 1. The van der Waals surface area contributed by atoms with E-state index in [1.807, 2.05) is 31.2 Å². The number of carboxylic acid groups (broad SMARTS) is 1. The standard InChI is InChI=1S/C19H24N2O4/c1-13-4-6-14(7-5-13)17(23)21-10-2-3-15(11-21)16(22)20-12-19(8-9-19)18(24)25/h4-7,15H,2-3,8-12H2,1H3,(H,20,22)(H,24,25). The Balaban J connectivity index is 1.57. The van der Waals surface area contributed by atoms with Gasteiger partial charge in [-0.25, -0.2) is 0 Å². The predicted molar refractivity (Wildman–Crippen MR) is 92.1 cm³/mol. The van der Waals surface area contributed by atoms with Gasteiger partial charge in [0, 0.05) is 25.2 Å². The van der Waals surface area contributed by atoms with E-state index in [0.29, 0.717) is 31.5 Å². The molecule has 2 amide bonds. The zero-order chi connectivity index (χ0) is 18.0. The number of hydrogen-bond acceptors (Lipinski definition) is 3. The minimum absolute atomic E-state index is 0.0540. The molecule has 1 saturated carbocycles. The summed E-state index contributed by atoms with van der Waals surface area (Å²) in [6, 6.07) is 7.43. The molecule has 1 aromatic rings. The Bertz CT molecular complexity index is 679. The van der Waals surface area contributed by atoms with Gasteiger partial charge in [0.05, 0.1) is 11.3 Å². The molecule has 0 radical (unpaired) electrons. The van der Waals surface area contributed by atoms with Gasteiger partial charge in [-0.2, -0.15) is 0 Å². The van der Waals surface area contributed by atoms with Crippen LogP contribution in [0.3, 0.4) is 0 Å². The zero-order valence-electron chi connectivity index (χ0n) is 14.5. The highest BCUT2D eigenvalue weighted by atomic mass is 16.4. The average molecular weight is 344 g/mol. The summed E-state index contributed by atoms with van der Waals surface area (Å²) in [6.07, 6.45) is 2.74. The van der Waals surface area contributed by atoms with E-state index in [1.54, 1.807) is 4.90 Å². The zero-order valence-corrected chi connectivity index (χ0v) is 14.5. The van der Waals surface area contributed by atoms with Crippen LogP contribution in [0.15, 0.2) is 24.3 Å². The summed E-state index contributed by atoms with van der Waals surface area (Å²) in [4.78, 5) is 37.9. The Morgan fingerprint density at radius 2 is 1.92 bits per heavy atom. The molecule has 1 aliphatic carbocycles. The Labute approximate surface area is 147 Å². The van der Waals surface area contributed by atoms with Crippen molar-refractivity contribution in [2.75, 3.05) is 19.6 Å². The first-order valence-corrected chi connectivity index (χ1v) is 8.78. The van der Waals surface area contributed by atoms with Crippen molar-refractivity contribution >= 4 is 17.8 Å². The molecule has 1 aromatic carbocycles. The molecule has 0 spiro atoms. The fourth-order valence-corrected chi connectivity index (χ4v) is 3.27. The van der Waals surface area contributed by atoms with Crippen molar-refractivity contribution in [1.82, 2.24) is 10.2 Å². The Kier molecular flexibility index (Phi) is 4.79. The van der Waals surface area contributed by atoms with Crippen LogP contribution in [0, 0.1) is 18.3 Å². The Hall–Kier alpha value is -2.37. The molecule has 6 heteroatoms. The lowest BCUT2D eigenvalue weighted by Crippen LogP contribution is -2.46. The first kappa shape index (κ1) is 17.5. The molecule has 1 saturated heterocycles. The molecule has 1 unspecified atom stereocenters. The lowest BCUT2D eigenvalue weighted by molar-refractivity contribution is -0.143. The van der Waals surface area contributed by atoms with Crippen molar-refractivity contribution in [3.63, 3.8) is 0 Å². The minimum Gasteiger partial charge on any atom is -0.481 e. The molecule has 25 heavy (non-hydrogen) atoms. The van der Waals surface area contributed by atoms with E-state index in [4.69, 9.17) is 0 Å². The summed E-state index contributed by atoms with van der Waals surface area (Å²) in [7, 11) is 0. The summed E-state index contributed by atoms with van der Waals surface area (Å²) in [6.45, 7) is 3.19. The van der Waals surface area contributed by atoms with Crippen LogP contribution in [-0.2, 0) is 9.59 Å². The van der Waals surface area contributed by atoms with Gasteiger partial charge in [-0.1, -0.05) is 17.7 Å². The highest BCUT2D eigenvalue weighted by Gasteiger charge is 2.50. The number of carbonyl (C=O) groups is 3. The third kappa shape index (κ3) is 3.83. The number of aryl methyl sites for hydroxylation is 1. The minimum atomic E-state index is -0.840. The molecule has 1 aliphatic heterocycles. The number of likely N-dealkylation sites (tertiary alicyclic amines) is 1. The van der Waals surface area contributed by atoms with Gasteiger partial charge in [0.25, 0.3) is 5.91 Å². The number of benzene rings is 1. The van der Waals surface area contributed by atoms with Crippen LogP contribution >= 0.6 is 0 Å². The molecular weight excluding hydrogens is 320 g/mol. The fraction of sp³-hybridized carbons (Fsp3) is 0.526. The molecule has 6 nitrogen and oxygen atoms in total. The highest BCUT2D eigenvalue weighted by molar-refractivity contribution is 5.94. The number of carbonyl (C=O) groups excluding carboxylic acids is 2. The number of hydrogen-bond donors (Lipinski definition) is 2. The Morgan fingerprint density at radius 3 is 2.52 bits per heavy atom. The molecule has 2 fully saturated rings. The summed E-state index contributed by atoms with van der Waals surface area (Å²) < 4.78 is 0. The number of piperidine rings is 1. The van der Waals surface area contributed by atoms with Crippen molar-refractivity contribution < 1.29 is 19.5 Å². The molecule has 3 rings (SSSR count). The number of amides is 2. The number of rotatable bonds is 5. The topological polar surface area (TPSA) is 86.7 Å². The van der Waals surface area contributed by atoms with Crippen LogP contribution in [0.5, 0.6) is 0 Å². The van der Waals surface area contributed by atoms with Crippen LogP contribution in [0.2, 0.25) is 0 Å². The SMILES string of the molecule is Cc1ccc(C(=O)N2CCCC(C(=O)NCC3(C(=O)O)CC3)C2)cc1. The molecule has 0 aromatic heterocycles. The lowest BCUT2D eigenvalue weighted by atomic mass is 9.96. The molecular formula is C19H24N2O4. The van der Waals surface area contributed by atoms with Gasteiger partial charge in [0.2, 0.25) is 5.91 Å². The molecule has 2 aliphatic rings. The van der Waals surface area contributed by atoms with Crippen LogP contribution in [0.25, 0.3) is 0 Å². The highest BCUT2D eigenvalue weighted by Crippen LogP contribution is 2.45. The van der Waals surface area contributed by atoms with E-state index >= 15 is 0 Å². The second-order valence-corrected chi connectivity index (χ2v) is 7.26. The maximum absolute atomic E-state index is 12.6.